The van der Waals surface area contributed by atoms with Crippen LogP contribution >= 0.6 is 0 Å². The number of amides is 1. The summed E-state index contributed by atoms with van der Waals surface area (Å²) in [6, 6.07) is 22.9. The van der Waals surface area contributed by atoms with Gasteiger partial charge in [0.2, 0.25) is 11.5 Å². The van der Waals surface area contributed by atoms with Gasteiger partial charge in [0, 0.05) is 11.1 Å². The van der Waals surface area contributed by atoms with E-state index < -0.39 is 5.91 Å². The number of benzene rings is 2. The van der Waals surface area contributed by atoms with Crippen molar-refractivity contribution in [3.8, 4) is 22.6 Å². The van der Waals surface area contributed by atoms with Crippen LogP contribution in [0, 0.1) is 6.92 Å². The molecule has 5 aromatic rings. The summed E-state index contributed by atoms with van der Waals surface area (Å²) in [6.45, 7) is 2.02. The molecule has 7 nitrogen and oxygen atoms in total. The number of nitrogens with one attached hydrogen (secondary N) is 1. The zero-order chi connectivity index (χ0) is 22.8. The van der Waals surface area contributed by atoms with Crippen molar-refractivity contribution in [1.82, 2.24) is 10.4 Å². The van der Waals surface area contributed by atoms with Crippen molar-refractivity contribution in [2.45, 2.75) is 6.92 Å². The zero-order valence-electron chi connectivity index (χ0n) is 17.8. The minimum Gasteiger partial charge on any atom is -0.464 e. The second-order valence-corrected chi connectivity index (χ2v) is 7.53. The number of fused-ring (bicyclic) bond motifs is 1. The van der Waals surface area contributed by atoms with E-state index in [-0.39, 0.29) is 17.2 Å². The molecule has 5 rings (SSSR count). The number of aromatic nitrogens is 1. The van der Waals surface area contributed by atoms with Gasteiger partial charge in [0.25, 0.3) is 0 Å². The monoisotopic (exact) mass is 436 g/mol. The maximum absolute atomic E-state index is 12.8. The quantitative estimate of drug-likeness (QED) is 0.283. The first kappa shape index (κ1) is 20.3. The Morgan fingerprint density at radius 1 is 1.06 bits per heavy atom. The summed E-state index contributed by atoms with van der Waals surface area (Å²) in [4.78, 5) is 17.4. The highest BCUT2D eigenvalue weighted by molar-refractivity contribution is 6.10. The van der Waals surface area contributed by atoms with Gasteiger partial charge in [-0.1, -0.05) is 60.2 Å². The van der Waals surface area contributed by atoms with Gasteiger partial charge in [0.1, 0.15) is 5.76 Å². The van der Waals surface area contributed by atoms with Crippen molar-refractivity contribution < 1.29 is 13.6 Å². The third kappa shape index (κ3) is 3.99. The number of carbonyl (C=O) groups excluding carboxylic acids is 1. The Labute approximate surface area is 189 Å². The van der Waals surface area contributed by atoms with Crippen LogP contribution in [0.3, 0.4) is 0 Å². The molecule has 0 saturated carbocycles. The minimum absolute atomic E-state index is 0.0587. The fourth-order valence-electron chi connectivity index (χ4n) is 3.54. The summed E-state index contributed by atoms with van der Waals surface area (Å²) < 4.78 is 11.5. The average Bonchev–Trinajstić information content (AvgIpc) is 3.48. The number of carbonyl (C=O) groups is 1. The lowest BCUT2D eigenvalue weighted by Crippen LogP contribution is -2.18. The van der Waals surface area contributed by atoms with E-state index in [1.54, 1.807) is 18.5 Å². The van der Waals surface area contributed by atoms with Gasteiger partial charge >= 0.3 is 5.91 Å². The van der Waals surface area contributed by atoms with Crippen LogP contribution in [0.5, 0.6) is 0 Å². The van der Waals surface area contributed by atoms with Crippen molar-refractivity contribution in [3.63, 3.8) is 0 Å². The highest BCUT2D eigenvalue weighted by Crippen LogP contribution is 2.38. The molecule has 0 aliphatic rings. The van der Waals surface area contributed by atoms with Gasteiger partial charge in [-0.25, -0.2) is 10.4 Å². The standard InChI is InChI=1S/C26H20N4O3/c1-16-9-11-18(12-10-16)20-14-19(21-8-5-13-32-21)22-23(27)24(33-26(22)29-20)25(31)30-28-15-17-6-3-2-4-7-17/h2-15H,27H2,1H3,(H,30,31)/b28-15+. The van der Waals surface area contributed by atoms with Crippen LogP contribution in [0.1, 0.15) is 21.7 Å². The van der Waals surface area contributed by atoms with Gasteiger partial charge in [0.15, 0.2) is 0 Å². The van der Waals surface area contributed by atoms with E-state index in [9.17, 15) is 4.79 Å². The molecule has 0 aliphatic carbocycles. The number of nitrogens with zero attached hydrogens (tertiary/aromatic N) is 2. The van der Waals surface area contributed by atoms with E-state index in [1.165, 1.54) is 0 Å². The van der Waals surface area contributed by atoms with E-state index >= 15 is 0 Å². The molecule has 2 aromatic carbocycles. The normalized spacial score (nSPS) is 11.3. The molecule has 0 atom stereocenters. The summed E-state index contributed by atoms with van der Waals surface area (Å²) in [5, 5.41) is 4.51. The second-order valence-electron chi connectivity index (χ2n) is 7.53. The molecule has 7 heteroatoms. The molecule has 3 N–H and O–H groups in total. The molecule has 0 radical (unpaired) electrons. The first-order chi connectivity index (χ1) is 16.1. The van der Waals surface area contributed by atoms with Gasteiger partial charge in [-0.15, -0.1) is 0 Å². The largest absolute Gasteiger partial charge is 0.464 e. The van der Waals surface area contributed by atoms with Crippen LogP contribution in [0.2, 0.25) is 0 Å². The molecule has 3 heterocycles. The molecule has 162 valence electrons. The van der Waals surface area contributed by atoms with Crippen molar-refractivity contribution in [2.75, 3.05) is 5.73 Å². The summed E-state index contributed by atoms with van der Waals surface area (Å²) in [5.41, 5.74) is 13.5. The number of hydrogen-bond acceptors (Lipinski definition) is 6. The third-order valence-corrected chi connectivity index (χ3v) is 5.22. The fourth-order valence-corrected chi connectivity index (χ4v) is 3.54. The molecule has 0 fully saturated rings. The SMILES string of the molecule is Cc1ccc(-c2cc(-c3ccco3)c3c(N)c(C(=O)N/N=C/c4ccccc4)oc3n2)cc1. The number of furan rings is 2. The minimum atomic E-state index is -0.569. The first-order valence-electron chi connectivity index (χ1n) is 10.3. The first-order valence-corrected chi connectivity index (χ1v) is 10.3. The highest BCUT2D eigenvalue weighted by atomic mass is 16.4. The second kappa shape index (κ2) is 8.47. The van der Waals surface area contributed by atoms with E-state index in [4.69, 9.17) is 14.6 Å². The molecular formula is C26H20N4O3. The fraction of sp³-hybridized carbons (Fsp3) is 0.0385. The number of rotatable bonds is 5. The molecule has 0 unspecified atom stereocenters. The lowest BCUT2D eigenvalue weighted by Gasteiger charge is -2.06. The predicted octanol–water partition coefficient (Wildman–Crippen LogP) is 5.41. The molecule has 1 amide bonds. The molecule has 3 aromatic heterocycles. The van der Waals surface area contributed by atoms with E-state index in [2.05, 4.69) is 15.5 Å². The molecule has 0 aliphatic heterocycles. The molecular weight excluding hydrogens is 416 g/mol. The van der Waals surface area contributed by atoms with Crippen LogP contribution in [0.25, 0.3) is 33.7 Å². The van der Waals surface area contributed by atoms with Crippen LogP contribution in [0.15, 0.2) is 93.0 Å². The average molecular weight is 436 g/mol. The number of hydrogen-bond donors (Lipinski definition) is 2. The molecule has 0 saturated heterocycles. The van der Waals surface area contributed by atoms with Gasteiger partial charge in [-0.2, -0.15) is 5.10 Å². The summed E-state index contributed by atoms with van der Waals surface area (Å²) in [5.74, 6) is -0.0335. The van der Waals surface area contributed by atoms with Crippen molar-refractivity contribution in [2.24, 2.45) is 5.10 Å². The van der Waals surface area contributed by atoms with Crippen molar-refractivity contribution in [3.05, 3.63) is 95.9 Å². The van der Waals surface area contributed by atoms with Gasteiger partial charge in [0.05, 0.1) is 29.2 Å². The predicted molar refractivity (Wildman–Crippen MR) is 128 cm³/mol. The maximum atomic E-state index is 12.8. The Kier molecular flexibility index (Phi) is 5.20. The van der Waals surface area contributed by atoms with Gasteiger partial charge in [-0.3, -0.25) is 4.79 Å². The van der Waals surface area contributed by atoms with Crippen LogP contribution in [0.4, 0.5) is 5.69 Å². The zero-order valence-corrected chi connectivity index (χ0v) is 17.8. The van der Waals surface area contributed by atoms with Crippen molar-refractivity contribution in [1.29, 1.82) is 0 Å². The Morgan fingerprint density at radius 2 is 1.85 bits per heavy atom. The Hall–Kier alpha value is -4.65. The Balaban J connectivity index is 1.56. The number of pyridine rings is 1. The highest BCUT2D eigenvalue weighted by Gasteiger charge is 2.24. The molecule has 33 heavy (non-hydrogen) atoms. The molecule has 0 spiro atoms. The van der Waals surface area contributed by atoms with E-state index in [0.29, 0.717) is 22.4 Å². The van der Waals surface area contributed by atoms with Crippen LogP contribution in [-0.4, -0.2) is 17.1 Å². The van der Waals surface area contributed by atoms with Crippen LogP contribution in [-0.2, 0) is 0 Å². The Morgan fingerprint density at radius 3 is 2.58 bits per heavy atom. The van der Waals surface area contributed by atoms with E-state index in [1.807, 2.05) is 73.7 Å². The van der Waals surface area contributed by atoms with Gasteiger partial charge < -0.3 is 14.6 Å². The number of nitrogen functional groups attached to an aromatic ring is 1. The van der Waals surface area contributed by atoms with Crippen molar-refractivity contribution >= 4 is 28.9 Å². The number of anilines is 1. The maximum Gasteiger partial charge on any atom is 0.309 e. The Bertz CT molecular complexity index is 1450. The molecule has 0 bridgehead atoms. The van der Waals surface area contributed by atoms with E-state index in [0.717, 1.165) is 16.7 Å². The topological polar surface area (TPSA) is 107 Å². The lowest BCUT2D eigenvalue weighted by atomic mass is 10.0. The number of hydrazone groups is 1. The summed E-state index contributed by atoms with van der Waals surface area (Å²) in [6.07, 6.45) is 3.12. The summed E-state index contributed by atoms with van der Waals surface area (Å²) >= 11 is 0. The van der Waals surface area contributed by atoms with Gasteiger partial charge in [-0.05, 0) is 30.7 Å². The number of nitrogens with two attached hydrogens (primary N) is 1. The lowest BCUT2D eigenvalue weighted by molar-refractivity contribution is 0.0930. The van der Waals surface area contributed by atoms with Crippen LogP contribution < -0.4 is 11.2 Å². The smallest absolute Gasteiger partial charge is 0.309 e. The summed E-state index contributed by atoms with van der Waals surface area (Å²) in [7, 11) is 0. The number of aryl methyl sites for hydroxylation is 1. The third-order valence-electron chi connectivity index (χ3n) is 5.22.